The molecule has 0 unspecified atom stereocenters. The molecule has 0 aliphatic carbocycles. The second kappa shape index (κ2) is 17.0. The molecule has 15 nitrogen and oxygen atoms in total. The SMILES string of the molecule is COC(=O)N[C@H](C(=O)N1CCC[C@H]1C1=NC=C(c2cc3c(OC)c4sc(-c5cnc([C@@H]6CCCN6C(=O)[C@@H](NC(=O)OC)C(C)C)[nH]5)cc4c(OC)c3s2)C1)C(C)C. The van der Waals surface area contributed by atoms with E-state index in [1.165, 1.54) is 14.2 Å². The molecule has 4 aromatic rings. The summed E-state index contributed by atoms with van der Waals surface area (Å²) in [6.45, 7) is 8.78. The number of methoxy groups -OCH3 is 4. The summed E-state index contributed by atoms with van der Waals surface area (Å²) in [5.74, 6) is 1.67. The van der Waals surface area contributed by atoms with Crippen molar-refractivity contribution in [3.63, 3.8) is 0 Å². The van der Waals surface area contributed by atoms with Gasteiger partial charge in [0.05, 0.1) is 66.7 Å². The molecular weight excluding hydrogens is 783 g/mol. The highest BCUT2D eigenvalue weighted by Gasteiger charge is 2.40. The first-order chi connectivity index (χ1) is 27.9. The van der Waals surface area contributed by atoms with Crippen LogP contribution >= 0.6 is 22.7 Å². The van der Waals surface area contributed by atoms with Gasteiger partial charge in [-0.2, -0.15) is 0 Å². The zero-order chi connectivity index (χ0) is 41.4. The Labute approximate surface area is 345 Å². The molecule has 3 aliphatic rings. The number of H-pyrrole nitrogens is 1. The van der Waals surface area contributed by atoms with E-state index in [2.05, 4.69) is 27.8 Å². The van der Waals surface area contributed by atoms with Crippen LogP contribution in [0.15, 0.2) is 29.5 Å². The molecule has 17 heteroatoms. The number of likely N-dealkylation sites (tertiary alicyclic amines) is 2. The Morgan fingerprint density at radius 3 is 1.83 bits per heavy atom. The summed E-state index contributed by atoms with van der Waals surface area (Å²) in [7, 11) is 5.94. The molecule has 6 heterocycles. The minimum absolute atomic E-state index is 0.111. The van der Waals surface area contributed by atoms with Crippen molar-refractivity contribution >= 4 is 78.1 Å². The maximum atomic E-state index is 13.7. The number of hydrogen-bond acceptors (Lipinski definition) is 12. The highest BCUT2D eigenvalue weighted by molar-refractivity contribution is 7.23. The third-order valence-electron chi connectivity index (χ3n) is 11.3. The number of rotatable bonds is 12. The Kier molecular flexibility index (Phi) is 12.0. The number of aromatic nitrogens is 2. The maximum Gasteiger partial charge on any atom is 0.407 e. The molecule has 4 atom stereocenters. The van der Waals surface area contributed by atoms with Crippen LogP contribution in [0.2, 0.25) is 0 Å². The van der Waals surface area contributed by atoms with Crippen LogP contribution in [0.4, 0.5) is 9.59 Å². The molecule has 0 spiro atoms. The molecule has 310 valence electrons. The van der Waals surface area contributed by atoms with Crippen molar-refractivity contribution in [1.29, 1.82) is 0 Å². The van der Waals surface area contributed by atoms with Crippen molar-refractivity contribution in [3.8, 4) is 22.1 Å². The average molecular weight is 834 g/mol. The van der Waals surface area contributed by atoms with Crippen LogP contribution in [-0.4, -0.2) is 109 Å². The van der Waals surface area contributed by atoms with E-state index in [0.717, 1.165) is 84.1 Å². The number of alkyl carbamates (subject to hydrolysis) is 2. The second-order valence-corrected chi connectivity index (χ2v) is 17.6. The summed E-state index contributed by atoms with van der Waals surface area (Å²) in [5.41, 5.74) is 2.81. The summed E-state index contributed by atoms with van der Waals surface area (Å²) < 4.78 is 23.7. The van der Waals surface area contributed by atoms with E-state index in [1.54, 1.807) is 48.0 Å². The number of imidazole rings is 1. The standard InChI is InChI=1S/C41H51N7O8S2/c1-20(2)31(45-40(51)55-7)38(49)47-13-9-11-27(47)25-15-22(18-42-25)29-16-23-33(53-5)36-24(34(54-6)35(23)57-29)17-30(58-36)26-19-43-37(44-26)28-12-10-14-48(28)39(50)32(21(3)4)46-41(52)56-8/h16-21,27-28,31-32H,9-15H2,1-8H3,(H,43,44)(H,45,51)(H,46,52)/t27-,28-,31-,32-/m0/s1. The number of amides is 4. The molecule has 0 radical (unpaired) electrons. The van der Waals surface area contributed by atoms with Crippen molar-refractivity contribution in [1.82, 2.24) is 30.4 Å². The van der Waals surface area contributed by atoms with Gasteiger partial charge in [0.1, 0.15) is 29.4 Å². The lowest BCUT2D eigenvalue weighted by molar-refractivity contribution is -0.135. The van der Waals surface area contributed by atoms with E-state index >= 15 is 0 Å². The van der Waals surface area contributed by atoms with Crippen molar-refractivity contribution in [2.75, 3.05) is 41.5 Å². The van der Waals surface area contributed by atoms with E-state index < -0.39 is 24.3 Å². The van der Waals surface area contributed by atoms with Gasteiger partial charge < -0.3 is 44.4 Å². The first-order valence-electron chi connectivity index (χ1n) is 19.6. The van der Waals surface area contributed by atoms with Crippen LogP contribution in [-0.2, 0) is 19.1 Å². The van der Waals surface area contributed by atoms with E-state index in [9.17, 15) is 19.2 Å². The van der Waals surface area contributed by atoms with Crippen molar-refractivity contribution in [3.05, 3.63) is 35.2 Å². The van der Waals surface area contributed by atoms with Crippen LogP contribution in [0.5, 0.6) is 11.5 Å². The Morgan fingerprint density at radius 1 is 0.776 bits per heavy atom. The maximum absolute atomic E-state index is 13.7. The minimum Gasteiger partial charge on any atom is -0.495 e. The van der Waals surface area contributed by atoms with E-state index in [0.29, 0.717) is 25.3 Å². The lowest BCUT2D eigenvalue weighted by atomic mass is 9.99. The van der Waals surface area contributed by atoms with Gasteiger partial charge >= 0.3 is 12.2 Å². The Bertz CT molecular complexity index is 2230. The fourth-order valence-electron chi connectivity index (χ4n) is 8.28. The number of thiophene rings is 2. The topological polar surface area (TPSA) is 177 Å². The van der Waals surface area contributed by atoms with Gasteiger partial charge in [-0.3, -0.25) is 14.6 Å². The zero-order valence-electron chi connectivity index (χ0n) is 34.1. The van der Waals surface area contributed by atoms with Gasteiger partial charge in [-0.1, -0.05) is 27.7 Å². The fourth-order valence-corrected chi connectivity index (χ4v) is 10.6. The van der Waals surface area contributed by atoms with Gasteiger partial charge in [0.25, 0.3) is 0 Å². The average Bonchev–Trinajstić information content (AvgIpc) is 4.05. The van der Waals surface area contributed by atoms with Gasteiger partial charge in [0.2, 0.25) is 11.8 Å². The molecule has 4 amide bonds. The van der Waals surface area contributed by atoms with Crippen molar-refractivity contribution in [2.45, 2.75) is 84.0 Å². The molecular formula is C41H51N7O8S2. The lowest BCUT2D eigenvalue weighted by Gasteiger charge is -2.31. The summed E-state index contributed by atoms with van der Waals surface area (Å²) in [5, 5.41) is 7.28. The number of fused-ring (bicyclic) bond motifs is 2. The van der Waals surface area contributed by atoms with E-state index in [4.69, 9.17) is 28.9 Å². The molecule has 0 saturated carbocycles. The van der Waals surface area contributed by atoms with Gasteiger partial charge in [-0.25, -0.2) is 14.6 Å². The number of aromatic amines is 1. The smallest absolute Gasteiger partial charge is 0.407 e. The fraction of sp³-hybridized carbons (Fsp3) is 0.512. The highest BCUT2D eigenvalue weighted by Crippen LogP contribution is 2.52. The molecule has 0 bridgehead atoms. The quantitative estimate of drug-likeness (QED) is 0.134. The number of hydrogen-bond donors (Lipinski definition) is 3. The Hall–Kier alpha value is -5.16. The van der Waals surface area contributed by atoms with Gasteiger partial charge in [0, 0.05) is 47.1 Å². The Balaban J connectivity index is 1.12. The predicted octanol–water partition coefficient (Wildman–Crippen LogP) is 7.12. The monoisotopic (exact) mass is 833 g/mol. The highest BCUT2D eigenvalue weighted by atomic mass is 32.1. The first kappa shape index (κ1) is 41.0. The normalized spacial score (nSPS) is 19.1. The molecule has 58 heavy (non-hydrogen) atoms. The lowest BCUT2D eigenvalue weighted by Crippen LogP contribution is -2.53. The van der Waals surface area contributed by atoms with Crippen LogP contribution in [0.3, 0.4) is 0 Å². The van der Waals surface area contributed by atoms with Crippen molar-refractivity contribution in [2.24, 2.45) is 16.8 Å². The van der Waals surface area contributed by atoms with Crippen LogP contribution < -0.4 is 20.1 Å². The molecule has 2 saturated heterocycles. The summed E-state index contributed by atoms with van der Waals surface area (Å²) in [4.78, 5) is 70.3. The van der Waals surface area contributed by atoms with Gasteiger partial charge in [-0.05, 0) is 55.2 Å². The molecule has 2 fully saturated rings. The number of carbonyl (C=O) groups is 4. The summed E-state index contributed by atoms with van der Waals surface area (Å²) >= 11 is 3.20. The van der Waals surface area contributed by atoms with Gasteiger partial charge in [0.15, 0.2) is 0 Å². The molecule has 3 aliphatic heterocycles. The van der Waals surface area contributed by atoms with Crippen LogP contribution in [0.1, 0.15) is 76.5 Å². The molecule has 3 aromatic heterocycles. The summed E-state index contributed by atoms with van der Waals surface area (Å²) in [6.07, 6.45) is 6.29. The third-order valence-corrected chi connectivity index (χ3v) is 13.6. The number of nitrogens with one attached hydrogen (secondary N) is 3. The Morgan fingerprint density at radius 2 is 1.29 bits per heavy atom. The molecule has 1 aromatic carbocycles. The van der Waals surface area contributed by atoms with Crippen LogP contribution in [0.25, 0.3) is 36.3 Å². The second-order valence-electron chi connectivity index (χ2n) is 15.5. The first-order valence-corrected chi connectivity index (χ1v) is 21.2. The largest absolute Gasteiger partial charge is 0.495 e. The summed E-state index contributed by atoms with van der Waals surface area (Å²) in [6, 6.07) is 2.42. The van der Waals surface area contributed by atoms with E-state index in [-0.39, 0.29) is 35.7 Å². The van der Waals surface area contributed by atoms with E-state index in [1.807, 2.05) is 38.8 Å². The predicted molar refractivity (Wildman–Crippen MR) is 225 cm³/mol. The number of aliphatic imine (C=N–C) groups is 1. The number of ether oxygens (including phenoxy) is 4. The molecule has 7 rings (SSSR count). The zero-order valence-corrected chi connectivity index (χ0v) is 35.7. The third kappa shape index (κ3) is 7.61. The number of benzene rings is 1. The van der Waals surface area contributed by atoms with Crippen molar-refractivity contribution < 1.29 is 38.1 Å². The number of nitrogens with zero attached hydrogens (tertiary/aromatic N) is 4. The molecule has 3 N–H and O–H groups in total. The van der Waals surface area contributed by atoms with Gasteiger partial charge in [-0.15, -0.1) is 22.7 Å². The van der Waals surface area contributed by atoms with Crippen LogP contribution in [0, 0.1) is 11.8 Å². The number of carbonyl (C=O) groups excluding carboxylic acids is 4. The minimum atomic E-state index is -0.715. The number of allylic oxidation sites excluding steroid dienone is 1.